The Kier molecular flexibility index (Phi) is 5.53. The van der Waals surface area contributed by atoms with E-state index in [4.69, 9.17) is 0 Å². The third-order valence-electron chi connectivity index (χ3n) is 2.74. The molecule has 3 heteroatoms. The van der Waals surface area contributed by atoms with E-state index in [1.165, 1.54) is 24.8 Å². The van der Waals surface area contributed by atoms with Gasteiger partial charge in [-0.1, -0.05) is 33.6 Å². The van der Waals surface area contributed by atoms with Crippen molar-refractivity contribution in [2.75, 3.05) is 0 Å². The lowest BCUT2D eigenvalue weighted by Gasteiger charge is -2.06. The average Bonchev–Trinajstić information content (AvgIpc) is 2.57. The van der Waals surface area contributed by atoms with E-state index in [1.54, 1.807) is 0 Å². The Hall–Kier alpha value is -0.830. The Balaban J connectivity index is 2.46. The molecule has 0 bridgehead atoms. The van der Waals surface area contributed by atoms with Crippen LogP contribution in [0.25, 0.3) is 0 Å². The van der Waals surface area contributed by atoms with E-state index >= 15 is 0 Å². The van der Waals surface area contributed by atoms with Gasteiger partial charge in [0.2, 0.25) is 0 Å². The fourth-order valence-corrected chi connectivity index (χ4v) is 1.69. The maximum atomic E-state index is 4.54. The molecule has 0 spiro atoms. The van der Waals surface area contributed by atoms with Crippen molar-refractivity contribution in [2.45, 2.75) is 66.1 Å². The highest BCUT2D eigenvalue weighted by molar-refractivity contribution is 5.15. The van der Waals surface area contributed by atoms with Crippen LogP contribution in [0.2, 0.25) is 0 Å². The molecule has 16 heavy (non-hydrogen) atoms. The van der Waals surface area contributed by atoms with Gasteiger partial charge in [-0.05, 0) is 13.3 Å². The fourth-order valence-electron chi connectivity index (χ4n) is 1.69. The zero-order chi connectivity index (χ0) is 12.0. The van der Waals surface area contributed by atoms with Crippen molar-refractivity contribution in [3.63, 3.8) is 0 Å². The molecule has 1 N–H and O–H groups in total. The second-order valence-electron chi connectivity index (χ2n) is 4.75. The summed E-state index contributed by atoms with van der Waals surface area (Å²) >= 11 is 0. The highest BCUT2D eigenvalue weighted by Crippen LogP contribution is 2.07. The molecule has 0 atom stereocenters. The standard InChI is InChI=1S/C13H25N3/c1-5-6-7-8-16-10-13(12(4)15-16)9-14-11(2)3/h10-11,14H,5-9H2,1-4H3. The molecular weight excluding hydrogens is 198 g/mol. The van der Waals surface area contributed by atoms with E-state index in [-0.39, 0.29) is 0 Å². The van der Waals surface area contributed by atoms with Gasteiger partial charge in [-0.3, -0.25) is 4.68 Å². The number of aromatic nitrogens is 2. The fraction of sp³-hybridized carbons (Fsp3) is 0.769. The predicted molar refractivity (Wildman–Crippen MR) is 68.5 cm³/mol. The smallest absolute Gasteiger partial charge is 0.0638 e. The van der Waals surface area contributed by atoms with Crippen molar-refractivity contribution in [3.8, 4) is 0 Å². The predicted octanol–water partition coefficient (Wildman–Crippen LogP) is 2.88. The molecule has 1 rings (SSSR count). The molecule has 92 valence electrons. The van der Waals surface area contributed by atoms with Crippen molar-refractivity contribution in [1.29, 1.82) is 0 Å². The third kappa shape index (κ3) is 4.35. The number of hydrogen-bond acceptors (Lipinski definition) is 2. The molecule has 0 fully saturated rings. The minimum absolute atomic E-state index is 0.530. The van der Waals surface area contributed by atoms with Crippen molar-refractivity contribution in [1.82, 2.24) is 15.1 Å². The first kappa shape index (κ1) is 13.2. The highest BCUT2D eigenvalue weighted by atomic mass is 15.3. The molecule has 0 saturated carbocycles. The minimum Gasteiger partial charge on any atom is -0.310 e. The van der Waals surface area contributed by atoms with Crippen LogP contribution in [0.15, 0.2) is 6.20 Å². The first-order valence-corrected chi connectivity index (χ1v) is 6.39. The molecule has 0 radical (unpaired) electrons. The largest absolute Gasteiger partial charge is 0.310 e. The average molecular weight is 223 g/mol. The summed E-state index contributed by atoms with van der Waals surface area (Å²) in [7, 11) is 0. The molecule has 0 aliphatic rings. The van der Waals surface area contributed by atoms with E-state index in [0.717, 1.165) is 18.8 Å². The molecule has 1 heterocycles. The van der Waals surface area contributed by atoms with Crippen LogP contribution >= 0.6 is 0 Å². The number of aryl methyl sites for hydroxylation is 2. The highest BCUT2D eigenvalue weighted by Gasteiger charge is 2.04. The van der Waals surface area contributed by atoms with Gasteiger partial charge in [-0.25, -0.2) is 0 Å². The Morgan fingerprint density at radius 3 is 2.75 bits per heavy atom. The summed E-state index contributed by atoms with van der Waals surface area (Å²) in [6.45, 7) is 10.6. The molecule has 0 saturated heterocycles. The Bertz CT molecular complexity index is 302. The van der Waals surface area contributed by atoms with Gasteiger partial charge < -0.3 is 5.32 Å². The number of nitrogens with one attached hydrogen (secondary N) is 1. The van der Waals surface area contributed by atoms with Crippen LogP contribution in [0.5, 0.6) is 0 Å². The summed E-state index contributed by atoms with van der Waals surface area (Å²) in [4.78, 5) is 0. The van der Waals surface area contributed by atoms with Gasteiger partial charge in [0.1, 0.15) is 0 Å². The molecular formula is C13H25N3. The number of rotatable bonds is 7. The van der Waals surface area contributed by atoms with E-state index < -0.39 is 0 Å². The van der Waals surface area contributed by atoms with Gasteiger partial charge in [-0.15, -0.1) is 0 Å². The Labute approximate surface area is 99.2 Å². The Morgan fingerprint density at radius 2 is 2.12 bits per heavy atom. The van der Waals surface area contributed by atoms with Gasteiger partial charge in [-0.2, -0.15) is 5.10 Å². The van der Waals surface area contributed by atoms with Crippen LogP contribution in [-0.2, 0) is 13.1 Å². The van der Waals surface area contributed by atoms with Crippen LogP contribution in [-0.4, -0.2) is 15.8 Å². The summed E-state index contributed by atoms with van der Waals surface area (Å²) < 4.78 is 2.09. The summed E-state index contributed by atoms with van der Waals surface area (Å²) in [5, 5.41) is 7.97. The van der Waals surface area contributed by atoms with Crippen molar-refractivity contribution < 1.29 is 0 Å². The SMILES string of the molecule is CCCCCn1cc(CNC(C)C)c(C)n1. The van der Waals surface area contributed by atoms with Gasteiger partial charge in [0.15, 0.2) is 0 Å². The monoisotopic (exact) mass is 223 g/mol. The zero-order valence-electron chi connectivity index (χ0n) is 11.1. The van der Waals surface area contributed by atoms with Crippen LogP contribution in [0.1, 0.15) is 51.3 Å². The van der Waals surface area contributed by atoms with E-state index in [2.05, 4.69) is 49.0 Å². The van der Waals surface area contributed by atoms with Gasteiger partial charge in [0.25, 0.3) is 0 Å². The topological polar surface area (TPSA) is 29.9 Å². The zero-order valence-corrected chi connectivity index (χ0v) is 11.1. The molecule has 1 aromatic heterocycles. The second kappa shape index (κ2) is 6.69. The van der Waals surface area contributed by atoms with Crippen LogP contribution in [0.4, 0.5) is 0 Å². The first-order chi connectivity index (χ1) is 7.63. The van der Waals surface area contributed by atoms with Crippen LogP contribution < -0.4 is 5.32 Å². The summed E-state index contributed by atoms with van der Waals surface area (Å²) in [5.74, 6) is 0. The van der Waals surface area contributed by atoms with E-state index in [9.17, 15) is 0 Å². The lowest BCUT2D eigenvalue weighted by Crippen LogP contribution is -2.21. The lowest BCUT2D eigenvalue weighted by molar-refractivity contribution is 0.549. The number of hydrogen-bond donors (Lipinski definition) is 1. The maximum Gasteiger partial charge on any atom is 0.0638 e. The van der Waals surface area contributed by atoms with Crippen molar-refractivity contribution in [2.24, 2.45) is 0 Å². The first-order valence-electron chi connectivity index (χ1n) is 6.39. The van der Waals surface area contributed by atoms with Crippen LogP contribution in [0.3, 0.4) is 0 Å². The van der Waals surface area contributed by atoms with Gasteiger partial charge in [0.05, 0.1) is 5.69 Å². The number of nitrogens with zero attached hydrogens (tertiary/aromatic N) is 2. The lowest BCUT2D eigenvalue weighted by atomic mass is 10.2. The number of unbranched alkanes of at least 4 members (excludes halogenated alkanes) is 2. The van der Waals surface area contributed by atoms with Crippen molar-refractivity contribution >= 4 is 0 Å². The molecule has 0 unspecified atom stereocenters. The normalized spacial score (nSPS) is 11.3. The molecule has 0 aliphatic carbocycles. The van der Waals surface area contributed by atoms with E-state index in [0.29, 0.717) is 6.04 Å². The Morgan fingerprint density at radius 1 is 1.38 bits per heavy atom. The molecule has 3 nitrogen and oxygen atoms in total. The second-order valence-corrected chi connectivity index (χ2v) is 4.75. The minimum atomic E-state index is 0.530. The molecule has 0 aliphatic heterocycles. The maximum absolute atomic E-state index is 4.54. The summed E-state index contributed by atoms with van der Waals surface area (Å²) in [6.07, 6.45) is 5.97. The van der Waals surface area contributed by atoms with E-state index in [1.807, 2.05) is 0 Å². The van der Waals surface area contributed by atoms with Crippen molar-refractivity contribution in [3.05, 3.63) is 17.5 Å². The molecule has 0 aromatic carbocycles. The third-order valence-corrected chi connectivity index (χ3v) is 2.74. The summed E-state index contributed by atoms with van der Waals surface area (Å²) in [6, 6.07) is 0.530. The van der Waals surface area contributed by atoms with Gasteiger partial charge >= 0.3 is 0 Å². The molecule has 1 aromatic rings. The molecule has 0 amide bonds. The van der Waals surface area contributed by atoms with Crippen LogP contribution in [0, 0.1) is 6.92 Å². The summed E-state index contributed by atoms with van der Waals surface area (Å²) in [5.41, 5.74) is 2.48. The van der Waals surface area contributed by atoms with Gasteiger partial charge in [0, 0.05) is 30.9 Å². The quantitative estimate of drug-likeness (QED) is 0.720.